The fourth-order valence-electron chi connectivity index (χ4n) is 1.49. The number of amides is 1. The summed E-state index contributed by atoms with van der Waals surface area (Å²) in [7, 11) is 0. The molecule has 96 valence electrons. The molecule has 0 saturated carbocycles. The Bertz CT molecular complexity index is 604. The molecular weight excluding hydrogens is 242 g/mol. The van der Waals surface area contributed by atoms with E-state index in [0.717, 1.165) is 5.69 Å². The van der Waals surface area contributed by atoms with Gasteiger partial charge < -0.3 is 5.32 Å². The minimum Gasteiger partial charge on any atom is -0.321 e. The number of nitrogens with zero attached hydrogens (tertiary/aromatic N) is 2. The summed E-state index contributed by atoms with van der Waals surface area (Å²) in [5.74, 6) is -0.342. The zero-order valence-corrected chi connectivity index (χ0v) is 10.7. The largest absolute Gasteiger partial charge is 0.321 e. The summed E-state index contributed by atoms with van der Waals surface area (Å²) in [5, 5.41) is 2.69. The van der Waals surface area contributed by atoms with Crippen LogP contribution in [0.2, 0.25) is 0 Å². The monoisotopic (exact) mass is 255 g/mol. The van der Waals surface area contributed by atoms with Crippen LogP contribution in [0.3, 0.4) is 0 Å². The summed E-state index contributed by atoms with van der Waals surface area (Å²) in [4.78, 5) is 31.0. The number of nitrogens with one attached hydrogen (secondary N) is 1. The Kier molecular flexibility index (Phi) is 3.66. The van der Waals surface area contributed by atoms with Gasteiger partial charge in [-0.1, -0.05) is 0 Å². The number of rotatable bonds is 3. The van der Waals surface area contributed by atoms with Crippen LogP contribution >= 0.6 is 0 Å². The van der Waals surface area contributed by atoms with Crippen LogP contribution in [0.4, 0.5) is 5.69 Å². The van der Waals surface area contributed by atoms with Crippen LogP contribution in [0.15, 0.2) is 36.7 Å². The summed E-state index contributed by atoms with van der Waals surface area (Å²) >= 11 is 0. The van der Waals surface area contributed by atoms with E-state index in [4.69, 9.17) is 0 Å². The molecule has 1 N–H and O–H groups in total. The predicted octanol–water partition coefficient (Wildman–Crippen LogP) is 2.24. The van der Waals surface area contributed by atoms with Gasteiger partial charge in [-0.3, -0.25) is 14.6 Å². The topological polar surface area (TPSA) is 72.0 Å². The molecule has 0 radical (unpaired) electrons. The van der Waals surface area contributed by atoms with E-state index in [0.29, 0.717) is 11.3 Å². The molecule has 0 bridgehead atoms. The number of Topliss-reactive ketones (excluding diaryl/α,β-unsaturated/α-hetero) is 1. The van der Waals surface area contributed by atoms with E-state index < -0.39 is 0 Å². The van der Waals surface area contributed by atoms with Crippen molar-refractivity contribution in [3.8, 4) is 0 Å². The van der Waals surface area contributed by atoms with Crippen molar-refractivity contribution < 1.29 is 9.59 Å². The lowest BCUT2D eigenvalue weighted by Crippen LogP contribution is -2.14. The standard InChI is InChI=1S/C14H13N3O2/c1-9-7-16-13(8-15-9)14(19)17-12-5-3-11(4-6-12)10(2)18/h3-8H,1-2H3,(H,17,19). The van der Waals surface area contributed by atoms with Crippen LogP contribution in [0.1, 0.15) is 33.5 Å². The predicted molar refractivity (Wildman–Crippen MR) is 71.2 cm³/mol. The van der Waals surface area contributed by atoms with Gasteiger partial charge >= 0.3 is 0 Å². The van der Waals surface area contributed by atoms with E-state index in [-0.39, 0.29) is 17.4 Å². The molecule has 5 heteroatoms. The van der Waals surface area contributed by atoms with Crippen LogP contribution in [-0.2, 0) is 0 Å². The first-order chi connectivity index (χ1) is 9.06. The number of anilines is 1. The molecule has 0 aliphatic heterocycles. The zero-order chi connectivity index (χ0) is 13.8. The Labute approximate surface area is 110 Å². The highest BCUT2D eigenvalue weighted by atomic mass is 16.2. The fraction of sp³-hybridized carbons (Fsp3) is 0.143. The number of aryl methyl sites for hydroxylation is 1. The highest BCUT2D eigenvalue weighted by Crippen LogP contribution is 2.11. The number of hydrogen-bond acceptors (Lipinski definition) is 4. The Morgan fingerprint density at radius 2 is 1.74 bits per heavy atom. The number of aromatic nitrogens is 2. The minimum atomic E-state index is -0.330. The maximum atomic E-state index is 11.9. The normalized spacial score (nSPS) is 10.0. The second-order valence-corrected chi connectivity index (χ2v) is 4.13. The molecule has 1 aromatic heterocycles. The van der Waals surface area contributed by atoms with E-state index >= 15 is 0 Å². The summed E-state index contributed by atoms with van der Waals surface area (Å²) in [6.45, 7) is 3.30. The third-order valence-electron chi connectivity index (χ3n) is 2.56. The Hall–Kier alpha value is -2.56. The molecular formula is C14H13N3O2. The van der Waals surface area contributed by atoms with E-state index in [2.05, 4.69) is 15.3 Å². The van der Waals surface area contributed by atoms with Gasteiger partial charge in [-0.15, -0.1) is 0 Å². The third-order valence-corrected chi connectivity index (χ3v) is 2.56. The molecule has 2 rings (SSSR count). The smallest absolute Gasteiger partial charge is 0.275 e. The minimum absolute atomic E-state index is 0.0118. The van der Waals surface area contributed by atoms with Crippen LogP contribution in [0.25, 0.3) is 0 Å². The molecule has 1 aromatic carbocycles. The van der Waals surface area contributed by atoms with E-state index in [1.165, 1.54) is 19.3 Å². The van der Waals surface area contributed by atoms with Crippen molar-refractivity contribution in [3.05, 3.63) is 53.6 Å². The zero-order valence-electron chi connectivity index (χ0n) is 10.7. The van der Waals surface area contributed by atoms with Crippen LogP contribution in [0.5, 0.6) is 0 Å². The van der Waals surface area contributed by atoms with Crippen molar-refractivity contribution in [3.63, 3.8) is 0 Å². The van der Waals surface area contributed by atoms with Gasteiger partial charge in [0.2, 0.25) is 0 Å². The second kappa shape index (κ2) is 5.39. The number of hydrogen-bond donors (Lipinski definition) is 1. The van der Waals surface area contributed by atoms with Gasteiger partial charge in [-0.05, 0) is 38.1 Å². The van der Waals surface area contributed by atoms with Crippen molar-refractivity contribution >= 4 is 17.4 Å². The Morgan fingerprint density at radius 1 is 1.05 bits per heavy atom. The van der Waals surface area contributed by atoms with Crippen molar-refractivity contribution in [1.82, 2.24) is 9.97 Å². The lowest BCUT2D eigenvalue weighted by atomic mass is 10.1. The maximum absolute atomic E-state index is 11.9. The quantitative estimate of drug-likeness (QED) is 0.854. The van der Waals surface area contributed by atoms with E-state index in [1.54, 1.807) is 31.2 Å². The maximum Gasteiger partial charge on any atom is 0.275 e. The van der Waals surface area contributed by atoms with Crippen LogP contribution < -0.4 is 5.32 Å². The second-order valence-electron chi connectivity index (χ2n) is 4.13. The average molecular weight is 255 g/mol. The summed E-state index contributed by atoms with van der Waals surface area (Å²) < 4.78 is 0. The van der Waals surface area contributed by atoms with Gasteiger partial charge in [-0.25, -0.2) is 4.98 Å². The number of benzene rings is 1. The summed E-state index contributed by atoms with van der Waals surface area (Å²) in [6.07, 6.45) is 2.96. The molecule has 0 aliphatic carbocycles. The molecule has 0 atom stereocenters. The molecule has 0 spiro atoms. The summed E-state index contributed by atoms with van der Waals surface area (Å²) in [5.41, 5.74) is 2.22. The van der Waals surface area contributed by atoms with Crippen molar-refractivity contribution in [1.29, 1.82) is 0 Å². The number of ketones is 1. The van der Waals surface area contributed by atoms with Crippen LogP contribution in [0, 0.1) is 6.92 Å². The van der Waals surface area contributed by atoms with Gasteiger partial charge in [0.05, 0.1) is 11.9 Å². The highest BCUT2D eigenvalue weighted by molar-refractivity contribution is 6.03. The van der Waals surface area contributed by atoms with Crippen molar-refractivity contribution in [2.24, 2.45) is 0 Å². The summed E-state index contributed by atoms with van der Waals surface area (Å²) in [6, 6.07) is 6.68. The molecule has 0 unspecified atom stereocenters. The first-order valence-electron chi connectivity index (χ1n) is 5.77. The molecule has 0 saturated heterocycles. The lowest BCUT2D eigenvalue weighted by molar-refractivity contribution is 0.101. The van der Waals surface area contributed by atoms with Crippen molar-refractivity contribution in [2.75, 3.05) is 5.32 Å². The Morgan fingerprint density at radius 3 is 2.26 bits per heavy atom. The van der Waals surface area contributed by atoms with Crippen molar-refractivity contribution in [2.45, 2.75) is 13.8 Å². The van der Waals surface area contributed by atoms with Crippen LogP contribution in [-0.4, -0.2) is 21.7 Å². The highest BCUT2D eigenvalue weighted by Gasteiger charge is 2.08. The van der Waals surface area contributed by atoms with E-state index in [9.17, 15) is 9.59 Å². The van der Waals surface area contributed by atoms with Gasteiger partial charge in [0.15, 0.2) is 5.78 Å². The molecule has 0 aliphatic rings. The molecule has 1 amide bonds. The van der Waals surface area contributed by atoms with Gasteiger partial charge in [0.25, 0.3) is 5.91 Å². The van der Waals surface area contributed by atoms with Gasteiger partial charge in [0.1, 0.15) is 5.69 Å². The number of carbonyl (C=O) groups is 2. The lowest BCUT2D eigenvalue weighted by Gasteiger charge is -2.05. The van der Waals surface area contributed by atoms with Gasteiger partial charge in [-0.2, -0.15) is 0 Å². The number of carbonyl (C=O) groups excluding carboxylic acids is 2. The molecule has 0 fully saturated rings. The molecule has 2 aromatic rings. The molecule has 5 nitrogen and oxygen atoms in total. The first kappa shape index (κ1) is 12.9. The molecule has 1 heterocycles. The SMILES string of the molecule is CC(=O)c1ccc(NC(=O)c2cnc(C)cn2)cc1. The molecule has 19 heavy (non-hydrogen) atoms. The fourth-order valence-corrected chi connectivity index (χ4v) is 1.49. The Balaban J connectivity index is 2.10. The van der Waals surface area contributed by atoms with E-state index in [1.807, 2.05) is 0 Å². The average Bonchev–Trinajstić information content (AvgIpc) is 2.40. The third kappa shape index (κ3) is 3.22. The van der Waals surface area contributed by atoms with Gasteiger partial charge in [0, 0.05) is 17.4 Å². The first-order valence-corrected chi connectivity index (χ1v) is 5.77.